The van der Waals surface area contributed by atoms with E-state index in [1.807, 2.05) is 0 Å². The third kappa shape index (κ3) is 3.92. The summed E-state index contributed by atoms with van der Waals surface area (Å²) in [4.78, 5) is 16.8. The summed E-state index contributed by atoms with van der Waals surface area (Å²) >= 11 is 0. The molecule has 2 heterocycles. The van der Waals surface area contributed by atoms with Gasteiger partial charge in [-0.25, -0.2) is 9.37 Å². The predicted octanol–water partition coefficient (Wildman–Crippen LogP) is 2.82. The van der Waals surface area contributed by atoms with E-state index in [1.165, 1.54) is 19.4 Å². The van der Waals surface area contributed by atoms with Gasteiger partial charge >= 0.3 is 0 Å². The molecule has 22 heavy (non-hydrogen) atoms. The zero-order valence-electron chi connectivity index (χ0n) is 11.5. The number of fused-ring (bicyclic) bond motifs is 1. The third-order valence-corrected chi connectivity index (χ3v) is 2.51. The van der Waals surface area contributed by atoms with E-state index in [4.69, 9.17) is 14.9 Å². The number of pyridine rings is 1. The van der Waals surface area contributed by atoms with Crippen molar-refractivity contribution < 1.29 is 18.3 Å². The number of rotatable bonds is 2. The number of nitrogens with two attached hydrogens (primary N) is 1. The van der Waals surface area contributed by atoms with E-state index in [9.17, 15) is 4.39 Å². The van der Waals surface area contributed by atoms with Crippen LogP contribution in [0, 0.1) is 5.82 Å². The molecule has 0 aliphatic carbocycles. The number of nitrogen functional groups attached to an aromatic ring is 1. The second-order valence-corrected chi connectivity index (χ2v) is 3.93. The van der Waals surface area contributed by atoms with Gasteiger partial charge in [0.1, 0.15) is 5.52 Å². The zero-order chi connectivity index (χ0) is 15.2. The average Bonchev–Trinajstić information content (AvgIpc) is 2.90. The van der Waals surface area contributed by atoms with Crippen molar-refractivity contribution in [3.8, 4) is 11.5 Å². The number of oxazole rings is 1. The second kappa shape index (κ2) is 7.94. The molecule has 2 N–H and O–H groups in total. The van der Waals surface area contributed by atoms with Crippen LogP contribution in [0.1, 0.15) is 0 Å². The largest absolute Gasteiger partial charge is 0.471 e. The standard InChI is InChI=1S/C12H8FN3O.C2H4O2.ClH/c13-9-6-15-4-3-8(9)12-16-10-5-7(14)1-2-11(10)17-12;1-4-2-3;/h1-6H,14H2;2H,1H3;1H. The SMILES string of the molecule is COC=O.Cl.Nc1ccc2oc(-c3ccncc3F)nc2c1. The lowest BCUT2D eigenvalue weighted by Gasteiger charge is -1.94. The summed E-state index contributed by atoms with van der Waals surface area (Å²) in [7, 11) is 1.31. The van der Waals surface area contributed by atoms with E-state index in [0.717, 1.165) is 6.20 Å². The molecule has 0 aliphatic heterocycles. The number of carbonyl (C=O) groups is 1. The molecule has 0 bridgehead atoms. The van der Waals surface area contributed by atoms with Crippen LogP contribution in [-0.4, -0.2) is 23.5 Å². The summed E-state index contributed by atoms with van der Waals surface area (Å²) in [5.74, 6) is -0.238. The first-order chi connectivity index (χ1) is 10.2. The van der Waals surface area contributed by atoms with Crippen molar-refractivity contribution in [3.63, 3.8) is 0 Å². The highest BCUT2D eigenvalue weighted by Crippen LogP contribution is 2.26. The zero-order valence-corrected chi connectivity index (χ0v) is 12.3. The molecule has 0 atom stereocenters. The van der Waals surface area contributed by atoms with Gasteiger partial charge in [-0.15, -0.1) is 12.4 Å². The van der Waals surface area contributed by atoms with Crippen molar-refractivity contribution in [2.45, 2.75) is 0 Å². The van der Waals surface area contributed by atoms with E-state index >= 15 is 0 Å². The molecule has 8 heteroatoms. The number of ether oxygens (including phenoxy) is 1. The summed E-state index contributed by atoms with van der Waals surface area (Å²) in [5.41, 5.74) is 7.70. The van der Waals surface area contributed by atoms with Crippen molar-refractivity contribution in [3.05, 3.63) is 42.5 Å². The number of hydrogen-bond acceptors (Lipinski definition) is 6. The highest BCUT2D eigenvalue weighted by atomic mass is 35.5. The first-order valence-electron chi connectivity index (χ1n) is 5.88. The fourth-order valence-electron chi connectivity index (χ4n) is 1.61. The summed E-state index contributed by atoms with van der Waals surface area (Å²) in [6.45, 7) is 0.375. The Balaban J connectivity index is 0.000000436. The van der Waals surface area contributed by atoms with Crippen LogP contribution in [0.5, 0.6) is 0 Å². The van der Waals surface area contributed by atoms with Crippen LogP contribution in [0.25, 0.3) is 22.6 Å². The van der Waals surface area contributed by atoms with Crippen molar-refractivity contribution >= 4 is 35.7 Å². The van der Waals surface area contributed by atoms with Gasteiger partial charge in [-0.1, -0.05) is 0 Å². The van der Waals surface area contributed by atoms with Gasteiger partial charge in [-0.3, -0.25) is 9.78 Å². The summed E-state index contributed by atoms with van der Waals surface area (Å²) in [6.07, 6.45) is 2.61. The number of halogens is 2. The van der Waals surface area contributed by atoms with Crippen LogP contribution in [-0.2, 0) is 9.53 Å². The molecule has 3 rings (SSSR count). The Bertz CT molecular complexity index is 764. The maximum Gasteiger partial charge on any atom is 0.292 e. The second-order valence-electron chi connectivity index (χ2n) is 3.93. The minimum absolute atomic E-state index is 0. The number of methoxy groups -OCH3 is 1. The molecule has 3 aromatic rings. The molecule has 1 aromatic carbocycles. The van der Waals surface area contributed by atoms with Crippen molar-refractivity contribution in [2.75, 3.05) is 12.8 Å². The predicted molar refractivity (Wildman–Crippen MR) is 81.9 cm³/mol. The molecule has 0 amide bonds. The fourth-order valence-corrected chi connectivity index (χ4v) is 1.61. The Kier molecular flexibility index (Phi) is 6.27. The van der Waals surface area contributed by atoms with Crippen LogP contribution in [0.3, 0.4) is 0 Å². The quantitative estimate of drug-likeness (QED) is 0.575. The Morgan fingerprint density at radius 1 is 1.36 bits per heavy atom. The molecule has 6 nitrogen and oxygen atoms in total. The maximum atomic E-state index is 13.5. The summed E-state index contributed by atoms with van der Waals surface area (Å²) < 4.78 is 22.8. The normalized spacial score (nSPS) is 9.36. The molecule has 0 saturated carbocycles. The first kappa shape index (κ1) is 17.4. The van der Waals surface area contributed by atoms with Crippen LogP contribution in [0.4, 0.5) is 10.1 Å². The van der Waals surface area contributed by atoms with E-state index in [-0.39, 0.29) is 23.9 Å². The average molecular weight is 326 g/mol. The molecule has 116 valence electrons. The minimum Gasteiger partial charge on any atom is -0.471 e. The molecule has 0 unspecified atom stereocenters. The molecular formula is C14H13ClFN3O3. The number of aromatic nitrogens is 2. The first-order valence-corrected chi connectivity index (χ1v) is 5.88. The van der Waals surface area contributed by atoms with Crippen molar-refractivity contribution in [1.29, 1.82) is 0 Å². The smallest absolute Gasteiger partial charge is 0.292 e. The summed E-state index contributed by atoms with van der Waals surface area (Å²) in [5, 5.41) is 0. The molecule has 2 aromatic heterocycles. The van der Waals surface area contributed by atoms with Gasteiger partial charge in [0.25, 0.3) is 6.47 Å². The number of nitrogens with zero attached hydrogens (tertiary/aromatic N) is 2. The third-order valence-electron chi connectivity index (χ3n) is 2.51. The Labute approximate surface area is 131 Å². The Hall–Kier alpha value is -2.67. The van der Waals surface area contributed by atoms with Crippen LogP contribution < -0.4 is 5.73 Å². The highest BCUT2D eigenvalue weighted by Gasteiger charge is 2.12. The fraction of sp³-hybridized carbons (Fsp3) is 0.0714. The van der Waals surface area contributed by atoms with Gasteiger partial charge in [0.2, 0.25) is 5.89 Å². The van der Waals surface area contributed by atoms with Crippen LogP contribution in [0.2, 0.25) is 0 Å². The molecule has 0 saturated heterocycles. The van der Waals surface area contributed by atoms with Gasteiger partial charge in [-0.05, 0) is 24.3 Å². The van der Waals surface area contributed by atoms with Gasteiger partial charge in [0.05, 0.1) is 18.9 Å². The lowest BCUT2D eigenvalue weighted by atomic mass is 10.2. The molecule has 0 fully saturated rings. The highest BCUT2D eigenvalue weighted by molar-refractivity contribution is 5.85. The number of benzene rings is 1. The Morgan fingerprint density at radius 3 is 2.73 bits per heavy atom. The van der Waals surface area contributed by atoms with E-state index < -0.39 is 5.82 Å². The van der Waals surface area contributed by atoms with E-state index in [1.54, 1.807) is 18.2 Å². The lowest BCUT2D eigenvalue weighted by Crippen LogP contribution is -1.85. The van der Waals surface area contributed by atoms with E-state index in [0.29, 0.717) is 23.3 Å². The number of carbonyl (C=O) groups excluding carboxylic acids is 1. The molecular weight excluding hydrogens is 313 g/mol. The van der Waals surface area contributed by atoms with Crippen LogP contribution >= 0.6 is 12.4 Å². The van der Waals surface area contributed by atoms with Gasteiger partial charge in [0, 0.05) is 11.9 Å². The van der Waals surface area contributed by atoms with Crippen molar-refractivity contribution in [2.24, 2.45) is 0 Å². The van der Waals surface area contributed by atoms with Gasteiger partial charge < -0.3 is 14.9 Å². The number of anilines is 1. The van der Waals surface area contributed by atoms with E-state index in [2.05, 4.69) is 14.7 Å². The number of hydrogen-bond donors (Lipinski definition) is 1. The summed E-state index contributed by atoms with van der Waals surface area (Å²) in [6, 6.07) is 6.62. The molecule has 0 spiro atoms. The van der Waals surface area contributed by atoms with Gasteiger partial charge in [0.15, 0.2) is 11.4 Å². The minimum atomic E-state index is -0.466. The topological polar surface area (TPSA) is 91.2 Å². The maximum absolute atomic E-state index is 13.5. The van der Waals surface area contributed by atoms with Gasteiger partial charge in [-0.2, -0.15) is 0 Å². The monoisotopic (exact) mass is 325 g/mol. The van der Waals surface area contributed by atoms with Crippen molar-refractivity contribution in [1.82, 2.24) is 9.97 Å². The molecule has 0 aliphatic rings. The Morgan fingerprint density at radius 2 is 2.09 bits per heavy atom. The van der Waals surface area contributed by atoms with Crippen LogP contribution in [0.15, 0.2) is 41.1 Å². The lowest BCUT2D eigenvalue weighted by molar-refractivity contribution is -0.126. The molecule has 0 radical (unpaired) electrons.